The molecule has 2 aromatic carbocycles. The Morgan fingerprint density at radius 2 is 1.86 bits per heavy atom. The van der Waals surface area contributed by atoms with Gasteiger partial charge in [0.05, 0.1) is 29.6 Å². The van der Waals surface area contributed by atoms with Crippen LogP contribution in [0.2, 0.25) is 0 Å². The van der Waals surface area contributed by atoms with Crippen molar-refractivity contribution in [3.8, 4) is 5.75 Å². The highest BCUT2D eigenvalue weighted by atomic mass is 32.1. The number of benzene rings is 2. The van der Waals surface area contributed by atoms with Crippen LogP contribution in [0.1, 0.15) is 27.2 Å². The van der Waals surface area contributed by atoms with E-state index in [1.165, 1.54) is 11.3 Å². The van der Waals surface area contributed by atoms with Crippen molar-refractivity contribution in [1.82, 2.24) is 9.97 Å². The molecular weight excluding hydrogens is 382 g/mol. The van der Waals surface area contributed by atoms with Crippen LogP contribution < -0.4 is 9.64 Å². The van der Waals surface area contributed by atoms with Gasteiger partial charge in [0.1, 0.15) is 5.75 Å². The van der Waals surface area contributed by atoms with Crippen molar-refractivity contribution in [1.29, 1.82) is 0 Å². The van der Waals surface area contributed by atoms with Gasteiger partial charge in [-0.25, -0.2) is 4.98 Å². The zero-order valence-corrected chi connectivity index (χ0v) is 17.4. The second-order valence-electron chi connectivity index (χ2n) is 6.92. The molecule has 5 nitrogen and oxygen atoms in total. The number of ether oxygens (including phenoxy) is 1. The van der Waals surface area contributed by atoms with Crippen molar-refractivity contribution in [3.05, 3.63) is 83.2 Å². The minimum atomic E-state index is -0.0894. The second kappa shape index (κ2) is 8.01. The Morgan fingerprint density at radius 3 is 2.55 bits per heavy atom. The third kappa shape index (κ3) is 4.12. The predicted octanol–water partition coefficient (Wildman–Crippen LogP) is 5.16. The van der Waals surface area contributed by atoms with Crippen LogP contribution >= 0.6 is 11.3 Å². The predicted molar refractivity (Wildman–Crippen MR) is 117 cm³/mol. The van der Waals surface area contributed by atoms with Gasteiger partial charge in [-0.15, -0.1) is 0 Å². The summed E-state index contributed by atoms with van der Waals surface area (Å²) in [6, 6.07) is 17.3. The SMILES string of the molecule is COc1ccc2nc(N(Cc3ccccn3)C(=O)c3cc(C)cc(C)c3)sc2c1. The molecule has 0 spiro atoms. The summed E-state index contributed by atoms with van der Waals surface area (Å²) in [7, 11) is 1.64. The number of rotatable bonds is 5. The lowest BCUT2D eigenvalue weighted by atomic mass is 10.1. The highest BCUT2D eigenvalue weighted by Crippen LogP contribution is 2.33. The van der Waals surface area contributed by atoms with Gasteiger partial charge >= 0.3 is 0 Å². The van der Waals surface area contributed by atoms with E-state index in [2.05, 4.69) is 11.1 Å². The molecule has 0 fully saturated rings. The average Bonchev–Trinajstić information content (AvgIpc) is 3.14. The molecular formula is C23H21N3O2S. The maximum absolute atomic E-state index is 13.5. The first-order valence-corrected chi connectivity index (χ1v) is 10.1. The average molecular weight is 404 g/mol. The lowest BCUT2D eigenvalue weighted by Crippen LogP contribution is -2.30. The molecule has 0 N–H and O–H groups in total. The Kier molecular flexibility index (Phi) is 5.27. The number of carbonyl (C=O) groups is 1. The summed E-state index contributed by atoms with van der Waals surface area (Å²) in [6.07, 6.45) is 1.73. The molecule has 0 aliphatic carbocycles. The Balaban J connectivity index is 1.78. The smallest absolute Gasteiger partial charge is 0.260 e. The largest absolute Gasteiger partial charge is 0.497 e. The van der Waals surface area contributed by atoms with E-state index in [1.807, 2.05) is 62.4 Å². The molecule has 0 saturated carbocycles. The van der Waals surface area contributed by atoms with Crippen molar-refractivity contribution in [2.45, 2.75) is 20.4 Å². The van der Waals surface area contributed by atoms with Crippen molar-refractivity contribution in [2.75, 3.05) is 12.0 Å². The standard InChI is InChI=1S/C23H21N3O2S/c1-15-10-16(2)12-17(11-15)22(27)26(14-18-6-4-5-9-24-18)23-25-20-8-7-19(28-3)13-21(20)29-23/h4-13H,14H2,1-3H3. The first kappa shape index (κ1) is 19.1. The van der Waals surface area contributed by atoms with Crippen LogP contribution in [0.3, 0.4) is 0 Å². The Hall–Kier alpha value is -3.25. The van der Waals surface area contributed by atoms with Crippen LogP contribution in [-0.2, 0) is 6.54 Å². The number of carbonyl (C=O) groups excluding carboxylic acids is 1. The number of hydrogen-bond acceptors (Lipinski definition) is 5. The molecule has 1 amide bonds. The fourth-order valence-corrected chi connectivity index (χ4v) is 4.26. The summed E-state index contributed by atoms with van der Waals surface area (Å²) in [5.74, 6) is 0.679. The molecule has 6 heteroatoms. The van der Waals surface area contributed by atoms with E-state index in [4.69, 9.17) is 9.72 Å². The van der Waals surface area contributed by atoms with Crippen LogP contribution in [0.15, 0.2) is 60.8 Å². The van der Waals surface area contributed by atoms with Crippen LogP contribution in [0, 0.1) is 13.8 Å². The monoisotopic (exact) mass is 403 g/mol. The summed E-state index contributed by atoms with van der Waals surface area (Å²) >= 11 is 1.47. The molecule has 0 aliphatic rings. The number of hydrogen-bond donors (Lipinski definition) is 0. The van der Waals surface area contributed by atoms with E-state index in [-0.39, 0.29) is 5.91 Å². The van der Waals surface area contributed by atoms with Gasteiger partial charge < -0.3 is 4.74 Å². The highest BCUT2D eigenvalue weighted by molar-refractivity contribution is 7.22. The number of anilines is 1. The zero-order valence-electron chi connectivity index (χ0n) is 16.5. The molecule has 0 aliphatic heterocycles. The van der Waals surface area contributed by atoms with Gasteiger partial charge in [0.2, 0.25) is 0 Å². The highest BCUT2D eigenvalue weighted by Gasteiger charge is 2.23. The molecule has 0 bridgehead atoms. The number of pyridine rings is 1. The molecule has 29 heavy (non-hydrogen) atoms. The molecule has 0 atom stereocenters. The van der Waals surface area contributed by atoms with Gasteiger partial charge in [-0.1, -0.05) is 34.6 Å². The summed E-state index contributed by atoms with van der Waals surface area (Å²) in [5, 5.41) is 0.642. The number of nitrogens with zero attached hydrogens (tertiary/aromatic N) is 3. The van der Waals surface area contributed by atoms with Crippen LogP contribution in [0.5, 0.6) is 5.75 Å². The fourth-order valence-electron chi connectivity index (χ4n) is 3.27. The lowest BCUT2D eigenvalue weighted by molar-refractivity contribution is 0.0984. The fraction of sp³-hybridized carbons (Fsp3) is 0.174. The number of aromatic nitrogens is 2. The van der Waals surface area contributed by atoms with E-state index >= 15 is 0 Å². The first-order valence-electron chi connectivity index (χ1n) is 9.28. The number of amides is 1. The van der Waals surface area contributed by atoms with E-state index in [1.54, 1.807) is 18.2 Å². The van der Waals surface area contributed by atoms with Gasteiger partial charge in [0.15, 0.2) is 5.13 Å². The van der Waals surface area contributed by atoms with Crippen molar-refractivity contribution < 1.29 is 9.53 Å². The van der Waals surface area contributed by atoms with Gasteiger partial charge in [-0.05, 0) is 56.3 Å². The number of aryl methyl sites for hydroxylation is 2. The second-order valence-corrected chi connectivity index (χ2v) is 7.93. The Bertz CT molecular complexity index is 1150. The molecule has 0 unspecified atom stereocenters. The minimum Gasteiger partial charge on any atom is -0.497 e. The van der Waals surface area contributed by atoms with Gasteiger partial charge in [0, 0.05) is 11.8 Å². The first-order chi connectivity index (χ1) is 14.0. The van der Waals surface area contributed by atoms with E-state index < -0.39 is 0 Å². The number of methoxy groups -OCH3 is 1. The summed E-state index contributed by atoms with van der Waals surface area (Å²) in [5.41, 5.74) is 4.41. The Morgan fingerprint density at radius 1 is 1.07 bits per heavy atom. The van der Waals surface area contributed by atoms with Crippen LogP contribution in [-0.4, -0.2) is 23.0 Å². The topological polar surface area (TPSA) is 55.3 Å². The van der Waals surface area contributed by atoms with Crippen molar-refractivity contribution in [2.24, 2.45) is 0 Å². The van der Waals surface area contributed by atoms with E-state index in [0.717, 1.165) is 32.8 Å². The Labute approximate surface area is 173 Å². The summed E-state index contributed by atoms with van der Waals surface area (Å²) in [4.78, 5) is 24.3. The normalized spacial score (nSPS) is 10.9. The van der Waals surface area contributed by atoms with E-state index in [0.29, 0.717) is 17.2 Å². The van der Waals surface area contributed by atoms with Crippen LogP contribution in [0.25, 0.3) is 10.2 Å². The minimum absolute atomic E-state index is 0.0894. The van der Waals surface area contributed by atoms with Gasteiger partial charge in [-0.2, -0.15) is 0 Å². The molecule has 0 saturated heterocycles. The quantitative estimate of drug-likeness (QED) is 0.462. The lowest BCUT2D eigenvalue weighted by Gasteiger charge is -2.20. The van der Waals surface area contributed by atoms with Gasteiger partial charge in [-0.3, -0.25) is 14.7 Å². The molecule has 0 radical (unpaired) electrons. The zero-order chi connectivity index (χ0) is 20.4. The third-order valence-corrected chi connectivity index (χ3v) is 5.62. The summed E-state index contributed by atoms with van der Waals surface area (Å²) < 4.78 is 6.29. The van der Waals surface area contributed by atoms with Crippen molar-refractivity contribution in [3.63, 3.8) is 0 Å². The molecule has 2 aromatic heterocycles. The maximum atomic E-state index is 13.5. The van der Waals surface area contributed by atoms with E-state index in [9.17, 15) is 4.79 Å². The molecule has 2 heterocycles. The molecule has 4 aromatic rings. The third-order valence-electron chi connectivity index (χ3n) is 4.58. The van der Waals surface area contributed by atoms with Gasteiger partial charge in [0.25, 0.3) is 5.91 Å². The van der Waals surface area contributed by atoms with Crippen molar-refractivity contribution >= 4 is 32.6 Å². The number of fused-ring (bicyclic) bond motifs is 1. The molecule has 146 valence electrons. The maximum Gasteiger partial charge on any atom is 0.260 e. The van der Waals surface area contributed by atoms with Crippen LogP contribution in [0.4, 0.5) is 5.13 Å². The molecule has 4 rings (SSSR count). The number of thiazole rings is 1. The summed E-state index contributed by atoms with van der Waals surface area (Å²) in [6.45, 7) is 4.34.